The van der Waals surface area contributed by atoms with Crippen LogP contribution in [-0.4, -0.2) is 55.5 Å². The van der Waals surface area contributed by atoms with Gasteiger partial charge in [-0.2, -0.15) is 0 Å². The van der Waals surface area contributed by atoms with Gasteiger partial charge in [-0.15, -0.1) is 0 Å². The highest BCUT2D eigenvalue weighted by Gasteiger charge is 2.38. The van der Waals surface area contributed by atoms with Crippen molar-refractivity contribution in [3.05, 3.63) is 41.0 Å². The highest BCUT2D eigenvalue weighted by molar-refractivity contribution is 6.28. The molecule has 7 heteroatoms. The molecule has 7 nitrogen and oxygen atoms in total. The van der Waals surface area contributed by atoms with E-state index in [1.54, 1.807) is 19.2 Å². The topological polar surface area (TPSA) is 76.2 Å². The number of amides is 4. The fraction of sp³-hybridized carbons (Fsp3) is 0.235. The fourth-order valence-corrected chi connectivity index (χ4v) is 2.53. The number of methoxy groups -OCH3 is 1. The largest absolute Gasteiger partial charge is 0.497 e. The molecule has 1 fully saturated rings. The van der Waals surface area contributed by atoms with Crippen LogP contribution >= 0.6 is 0 Å². The number of rotatable bonds is 2. The number of likely N-dealkylation sites (N-methyl/N-ethyl adjacent to an activating group) is 2. The minimum absolute atomic E-state index is 0.0635. The summed E-state index contributed by atoms with van der Waals surface area (Å²) in [4.78, 5) is 38.0. The molecule has 0 spiro atoms. The Morgan fingerprint density at radius 2 is 1.79 bits per heavy atom. The zero-order chi connectivity index (χ0) is 17.4. The van der Waals surface area contributed by atoms with Crippen molar-refractivity contribution in [2.75, 3.05) is 27.8 Å². The third kappa shape index (κ3) is 2.54. The fourth-order valence-electron chi connectivity index (χ4n) is 2.53. The summed E-state index contributed by atoms with van der Waals surface area (Å²) in [5, 5.41) is 0. The van der Waals surface area contributed by atoms with Crippen molar-refractivity contribution in [1.29, 1.82) is 0 Å². The third-order valence-electron chi connectivity index (χ3n) is 3.93. The number of benzene rings is 1. The van der Waals surface area contributed by atoms with Crippen LogP contribution in [0.25, 0.3) is 6.08 Å². The van der Waals surface area contributed by atoms with E-state index in [0.29, 0.717) is 17.1 Å². The summed E-state index contributed by atoms with van der Waals surface area (Å²) < 4.78 is 10.8. The first-order chi connectivity index (χ1) is 11.4. The van der Waals surface area contributed by atoms with Crippen molar-refractivity contribution in [1.82, 2.24) is 9.80 Å². The standard InChI is InChI=1S/C17H16N2O5/c1-18-15(20)13(16(21)19(2)17(18)22)7-10-6-11-4-5-12(23-3)8-14(11)24-9-10/h4-8H,9H2,1-3H3. The molecular formula is C17H16N2O5. The predicted molar refractivity (Wildman–Crippen MR) is 85.5 cm³/mol. The Morgan fingerprint density at radius 3 is 2.42 bits per heavy atom. The summed E-state index contributed by atoms with van der Waals surface area (Å²) in [7, 11) is 4.26. The smallest absolute Gasteiger partial charge is 0.333 e. The first-order valence-corrected chi connectivity index (χ1v) is 7.25. The number of fused-ring (bicyclic) bond motifs is 1. The Balaban J connectivity index is 1.96. The zero-order valence-corrected chi connectivity index (χ0v) is 13.5. The molecule has 0 saturated carbocycles. The van der Waals surface area contributed by atoms with Gasteiger partial charge in [0.1, 0.15) is 23.7 Å². The maximum atomic E-state index is 12.2. The Labute approximate surface area is 138 Å². The molecule has 2 aliphatic rings. The molecular weight excluding hydrogens is 312 g/mol. The SMILES string of the molecule is COc1ccc2c(c1)OCC(C=C1C(=O)N(C)C(=O)N(C)C1=O)=C2. The Hall–Kier alpha value is -3.09. The molecule has 2 heterocycles. The van der Waals surface area contributed by atoms with Crippen LogP contribution in [0.15, 0.2) is 35.4 Å². The van der Waals surface area contributed by atoms with E-state index < -0.39 is 17.8 Å². The van der Waals surface area contributed by atoms with Gasteiger partial charge in [0.15, 0.2) is 0 Å². The molecule has 24 heavy (non-hydrogen) atoms. The highest BCUT2D eigenvalue weighted by atomic mass is 16.5. The van der Waals surface area contributed by atoms with Crippen LogP contribution in [0.3, 0.4) is 0 Å². The van der Waals surface area contributed by atoms with Gasteiger partial charge in [-0.3, -0.25) is 19.4 Å². The normalized spacial score (nSPS) is 17.4. The molecule has 0 aliphatic carbocycles. The highest BCUT2D eigenvalue weighted by Crippen LogP contribution is 2.31. The third-order valence-corrected chi connectivity index (χ3v) is 3.93. The van der Waals surface area contributed by atoms with Crippen molar-refractivity contribution in [2.45, 2.75) is 0 Å². The van der Waals surface area contributed by atoms with E-state index in [1.165, 1.54) is 20.2 Å². The summed E-state index contributed by atoms with van der Waals surface area (Å²) in [6, 6.07) is 4.75. The number of imide groups is 2. The average molecular weight is 328 g/mol. The van der Waals surface area contributed by atoms with E-state index in [2.05, 4.69) is 0 Å². The van der Waals surface area contributed by atoms with Gasteiger partial charge in [0, 0.05) is 25.7 Å². The van der Waals surface area contributed by atoms with Crippen molar-refractivity contribution >= 4 is 23.9 Å². The van der Waals surface area contributed by atoms with Crippen LogP contribution in [0, 0.1) is 0 Å². The number of barbiturate groups is 1. The molecule has 0 unspecified atom stereocenters. The molecule has 2 aliphatic heterocycles. The molecule has 4 amide bonds. The van der Waals surface area contributed by atoms with Crippen LogP contribution in [0.2, 0.25) is 0 Å². The lowest BCUT2D eigenvalue weighted by molar-refractivity contribution is -0.134. The second kappa shape index (κ2) is 5.84. The summed E-state index contributed by atoms with van der Waals surface area (Å²) in [6.07, 6.45) is 3.31. The maximum Gasteiger partial charge on any atom is 0.333 e. The number of hydrogen-bond donors (Lipinski definition) is 0. The maximum absolute atomic E-state index is 12.2. The van der Waals surface area contributed by atoms with Crippen molar-refractivity contribution in [3.63, 3.8) is 0 Å². The van der Waals surface area contributed by atoms with E-state index in [4.69, 9.17) is 9.47 Å². The molecule has 1 aromatic rings. The summed E-state index contributed by atoms with van der Waals surface area (Å²) >= 11 is 0. The van der Waals surface area contributed by atoms with Gasteiger partial charge in [-0.25, -0.2) is 4.79 Å². The number of carbonyl (C=O) groups is 3. The first-order valence-electron chi connectivity index (χ1n) is 7.25. The van der Waals surface area contributed by atoms with Gasteiger partial charge in [-0.05, 0) is 29.9 Å². The number of ether oxygens (including phenoxy) is 2. The quantitative estimate of drug-likeness (QED) is 0.607. The molecule has 1 saturated heterocycles. The van der Waals surface area contributed by atoms with Gasteiger partial charge in [-0.1, -0.05) is 0 Å². The van der Waals surface area contributed by atoms with Crippen LogP contribution < -0.4 is 9.47 Å². The lowest BCUT2D eigenvalue weighted by atomic mass is 10.0. The van der Waals surface area contributed by atoms with Gasteiger partial charge >= 0.3 is 6.03 Å². The molecule has 0 aromatic heterocycles. The molecule has 1 aromatic carbocycles. The predicted octanol–water partition coefficient (Wildman–Crippen LogP) is 1.45. The van der Waals surface area contributed by atoms with Gasteiger partial charge in [0.2, 0.25) is 0 Å². The molecule has 0 N–H and O–H groups in total. The van der Waals surface area contributed by atoms with Crippen molar-refractivity contribution < 1.29 is 23.9 Å². The Kier molecular flexibility index (Phi) is 3.84. The Morgan fingerprint density at radius 1 is 1.12 bits per heavy atom. The number of carbonyl (C=O) groups excluding carboxylic acids is 3. The van der Waals surface area contributed by atoms with E-state index in [1.807, 2.05) is 12.1 Å². The van der Waals surface area contributed by atoms with E-state index in [9.17, 15) is 14.4 Å². The lowest BCUT2D eigenvalue weighted by Gasteiger charge is -2.29. The number of hydrogen-bond acceptors (Lipinski definition) is 5. The van der Waals surface area contributed by atoms with Gasteiger partial charge in [0.05, 0.1) is 7.11 Å². The van der Waals surface area contributed by atoms with Crippen molar-refractivity contribution in [3.8, 4) is 11.5 Å². The van der Waals surface area contributed by atoms with E-state index >= 15 is 0 Å². The van der Waals surface area contributed by atoms with Crippen LogP contribution in [0.4, 0.5) is 4.79 Å². The van der Waals surface area contributed by atoms with Gasteiger partial charge in [0.25, 0.3) is 11.8 Å². The van der Waals surface area contributed by atoms with E-state index in [0.717, 1.165) is 15.4 Å². The summed E-state index contributed by atoms with van der Waals surface area (Å²) in [5.74, 6) is 0.111. The van der Waals surface area contributed by atoms with E-state index in [-0.39, 0.29) is 12.2 Å². The number of nitrogens with zero attached hydrogens (tertiary/aromatic N) is 2. The molecule has 0 atom stereocenters. The second-order valence-corrected chi connectivity index (χ2v) is 5.48. The Bertz CT molecular complexity index is 783. The molecule has 3 rings (SSSR count). The molecule has 0 bridgehead atoms. The average Bonchev–Trinajstić information content (AvgIpc) is 2.61. The first kappa shape index (κ1) is 15.8. The summed E-state index contributed by atoms with van der Waals surface area (Å²) in [5.41, 5.74) is 1.43. The molecule has 124 valence electrons. The van der Waals surface area contributed by atoms with Crippen LogP contribution in [0.5, 0.6) is 11.5 Å². The monoisotopic (exact) mass is 328 g/mol. The zero-order valence-electron chi connectivity index (χ0n) is 13.5. The number of urea groups is 1. The minimum Gasteiger partial charge on any atom is -0.497 e. The van der Waals surface area contributed by atoms with Gasteiger partial charge < -0.3 is 9.47 Å². The van der Waals surface area contributed by atoms with Crippen LogP contribution in [0.1, 0.15) is 5.56 Å². The summed E-state index contributed by atoms with van der Waals surface area (Å²) in [6.45, 7) is 0.214. The lowest BCUT2D eigenvalue weighted by Crippen LogP contribution is -2.53. The molecule has 0 radical (unpaired) electrons. The van der Waals surface area contributed by atoms with Crippen LogP contribution in [-0.2, 0) is 9.59 Å². The van der Waals surface area contributed by atoms with Crippen molar-refractivity contribution in [2.24, 2.45) is 0 Å². The second-order valence-electron chi connectivity index (χ2n) is 5.48. The minimum atomic E-state index is -0.645.